The molecule has 10 N–H and O–H groups in total. The molecule has 0 saturated carbocycles. The number of fused-ring (bicyclic) bond motifs is 1. The minimum atomic E-state index is -2.02. The van der Waals surface area contributed by atoms with Crippen molar-refractivity contribution in [3.63, 3.8) is 0 Å². The van der Waals surface area contributed by atoms with E-state index in [1.54, 1.807) is 0 Å². The number of aliphatic carboxylic acids is 1. The first kappa shape index (κ1) is 28.7. The number of aliphatic hydroxyl groups is 5. The summed E-state index contributed by atoms with van der Waals surface area (Å²) in [5, 5.41) is 89.2. The zero-order chi connectivity index (χ0) is 29.3. The van der Waals surface area contributed by atoms with Crippen molar-refractivity contribution in [3.05, 3.63) is 47.2 Å². The predicted molar refractivity (Wildman–Crippen MR) is 129 cm³/mol. The number of carboxylic acid groups (broad SMARTS) is 1. The first-order valence-electron chi connectivity index (χ1n) is 11.8. The van der Waals surface area contributed by atoms with Crippen molar-refractivity contribution in [1.82, 2.24) is 0 Å². The maximum atomic E-state index is 11.8. The van der Waals surface area contributed by atoms with E-state index in [9.17, 15) is 50.4 Å². The van der Waals surface area contributed by atoms with Crippen molar-refractivity contribution in [2.45, 2.75) is 49.3 Å². The molecule has 4 rings (SSSR count). The molecule has 0 amide bonds. The minimum Gasteiger partial charge on any atom is -0.571 e. The zero-order valence-corrected chi connectivity index (χ0v) is 20.4. The van der Waals surface area contributed by atoms with Gasteiger partial charge in [-0.25, -0.2) is 4.79 Å². The number of phenols is 4. The Morgan fingerprint density at radius 3 is 2.35 bits per heavy atom. The Hall–Kier alpha value is -4.28. The van der Waals surface area contributed by atoms with Crippen LogP contribution in [0.2, 0.25) is 0 Å². The summed E-state index contributed by atoms with van der Waals surface area (Å²) in [7, 11) is 0. The van der Waals surface area contributed by atoms with Crippen molar-refractivity contribution < 1.29 is 74.5 Å². The molecule has 2 aromatic rings. The van der Waals surface area contributed by atoms with Crippen molar-refractivity contribution in [1.29, 1.82) is 0 Å². The molecule has 2 aromatic carbocycles. The van der Waals surface area contributed by atoms with Gasteiger partial charge in [-0.05, 0) is 18.2 Å². The van der Waals surface area contributed by atoms with Gasteiger partial charge in [-0.1, -0.05) is 0 Å². The van der Waals surface area contributed by atoms with E-state index < -0.39 is 79.4 Å². The molecule has 0 spiro atoms. The van der Waals surface area contributed by atoms with Crippen LogP contribution < -0.4 is 0 Å². The summed E-state index contributed by atoms with van der Waals surface area (Å²) >= 11 is 0. The highest BCUT2D eigenvalue weighted by Crippen LogP contribution is 2.46. The summed E-state index contributed by atoms with van der Waals surface area (Å²) < 4.78 is 20.6. The lowest BCUT2D eigenvalue weighted by Crippen LogP contribution is -2.59. The third kappa shape index (κ3) is 5.98. The maximum Gasteiger partial charge on any atom is 0.333 e. The van der Waals surface area contributed by atoms with Crippen LogP contribution in [0.3, 0.4) is 0 Å². The largest absolute Gasteiger partial charge is 0.571 e. The first-order valence-corrected chi connectivity index (χ1v) is 11.8. The molecule has 1 fully saturated rings. The van der Waals surface area contributed by atoms with Crippen LogP contribution in [0.15, 0.2) is 36.1 Å². The lowest BCUT2D eigenvalue weighted by Gasteiger charge is -2.40. The van der Waals surface area contributed by atoms with Crippen molar-refractivity contribution in [2.24, 2.45) is 0 Å². The molecule has 15 heteroatoms. The van der Waals surface area contributed by atoms with Gasteiger partial charge in [0.2, 0.25) is 6.29 Å². The molecule has 1 saturated heterocycles. The summed E-state index contributed by atoms with van der Waals surface area (Å²) in [5.74, 6) is -4.31. The summed E-state index contributed by atoms with van der Waals surface area (Å²) in [6, 6.07) is 6.07. The lowest BCUT2D eigenvalue weighted by molar-refractivity contribution is -0.296. The molecule has 0 aromatic heterocycles. The highest BCUT2D eigenvalue weighted by atomic mass is 16.7. The third-order valence-corrected chi connectivity index (χ3v) is 6.24. The Labute approximate surface area is 224 Å². The normalized spacial score (nSPS) is 26.6. The van der Waals surface area contributed by atoms with Gasteiger partial charge >= 0.3 is 11.9 Å². The second-order valence-electron chi connectivity index (χ2n) is 9.10. The van der Waals surface area contributed by atoms with Gasteiger partial charge in [0.1, 0.15) is 48.1 Å². The number of phenolic OH excluding ortho intramolecular Hbond substituents is 4. The van der Waals surface area contributed by atoms with Crippen LogP contribution in [0.1, 0.15) is 23.7 Å². The van der Waals surface area contributed by atoms with Crippen LogP contribution in [0, 0.1) is 0 Å². The van der Waals surface area contributed by atoms with Crippen LogP contribution in [0.4, 0.5) is 0 Å². The molecule has 2 aliphatic heterocycles. The van der Waals surface area contributed by atoms with Gasteiger partial charge in [0.05, 0.1) is 18.1 Å². The van der Waals surface area contributed by atoms with Gasteiger partial charge in [-0.15, -0.1) is 0 Å². The summed E-state index contributed by atoms with van der Waals surface area (Å²) in [5.41, 5.74) is 0.379. The average molecular weight is 567 g/mol. The molecular formula is C25H27O15+. The standard InChI is InChI=1S/C25H26O15/c26-10-4-13(28)11-6-17(23(38-16(11)5-10)9-1-2-12(27)14(29)3-9)39-25-22(34)21(33)20(32)18(40-25)8-37-19(31)7-15(30)24(35)36/h1-6,15,18,20-23,25-30,32-34H,7-8H2,(H,35,36)/p+1/t15-,18+,20+,21+,22-,23?,25+/m0/s1. The molecule has 216 valence electrons. The Kier molecular flexibility index (Phi) is 8.22. The van der Waals surface area contributed by atoms with E-state index in [1.165, 1.54) is 30.3 Å². The summed E-state index contributed by atoms with van der Waals surface area (Å²) in [4.78, 5) is 22.6. The fourth-order valence-electron chi connectivity index (χ4n) is 4.10. The second kappa shape index (κ2) is 11.4. The Balaban J connectivity index is 1.59. The number of aromatic hydroxyl groups is 5. The number of ether oxygens (including phenoxy) is 4. The number of hydrogen-bond acceptors (Lipinski definition) is 13. The van der Waals surface area contributed by atoms with Crippen molar-refractivity contribution in [3.8, 4) is 28.7 Å². The average Bonchev–Trinajstić information content (AvgIpc) is 2.89. The predicted octanol–water partition coefficient (Wildman–Crippen LogP) is -0.951. The van der Waals surface area contributed by atoms with Gasteiger partial charge in [-0.2, -0.15) is 0 Å². The van der Waals surface area contributed by atoms with Crippen molar-refractivity contribution >= 4 is 18.0 Å². The number of benzene rings is 2. The summed E-state index contributed by atoms with van der Waals surface area (Å²) in [6.07, 6.45) is -11.3. The molecule has 40 heavy (non-hydrogen) atoms. The Bertz CT molecular complexity index is 1310. The van der Waals surface area contributed by atoms with Gasteiger partial charge in [-0.3, -0.25) is 4.79 Å². The fraction of sp³-hybridized carbons (Fsp3) is 0.360. The molecule has 0 bridgehead atoms. The number of esters is 1. The molecule has 0 radical (unpaired) electrons. The number of hydrogen-bond donors (Lipinski definition) is 9. The molecule has 7 atom stereocenters. The highest BCUT2D eigenvalue weighted by Gasteiger charge is 2.47. The lowest BCUT2D eigenvalue weighted by atomic mass is 9.98. The molecule has 1 unspecified atom stereocenters. The van der Waals surface area contributed by atoms with E-state index in [1.807, 2.05) is 0 Å². The van der Waals surface area contributed by atoms with E-state index in [0.29, 0.717) is 0 Å². The van der Waals surface area contributed by atoms with E-state index in [-0.39, 0.29) is 34.1 Å². The second-order valence-corrected chi connectivity index (χ2v) is 9.10. The Morgan fingerprint density at radius 1 is 0.950 bits per heavy atom. The van der Waals surface area contributed by atoms with E-state index in [2.05, 4.69) is 4.74 Å². The van der Waals surface area contributed by atoms with Crippen LogP contribution in [-0.4, -0.2) is 106 Å². The minimum absolute atomic E-state index is 0.0912. The SMILES string of the molecule is O=C(C[C@H](O)C(=O)O)OC[C@H]1O[C@@H](OC2=Cc3c(O)cc(O)cc3[OH+]C2c2ccc(O)c(O)c2)[C@@H](O)[C@H](O)[C@@H]1O. The third-order valence-electron chi connectivity index (χ3n) is 6.24. The number of aliphatic hydroxyl groups excluding tert-OH is 4. The maximum absolute atomic E-state index is 11.8. The first-order chi connectivity index (χ1) is 18.8. The van der Waals surface area contributed by atoms with Gasteiger partial charge in [0.15, 0.2) is 23.4 Å². The Morgan fingerprint density at radius 2 is 1.68 bits per heavy atom. The fourth-order valence-corrected chi connectivity index (χ4v) is 4.10. The molecule has 15 nitrogen and oxygen atoms in total. The monoisotopic (exact) mass is 567 g/mol. The van der Waals surface area contributed by atoms with Crippen LogP contribution >= 0.6 is 0 Å². The van der Waals surface area contributed by atoms with E-state index >= 15 is 0 Å². The summed E-state index contributed by atoms with van der Waals surface area (Å²) in [6.45, 7) is -0.711. The number of carbonyl (C=O) groups excluding carboxylic acids is 1. The molecule has 0 aliphatic carbocycles. The molecule has 2 aliphatic rings. The van der Waals surface area contributed by atoms with Gasteiger partial charge < -0.3 is 64.9 Å². The van der Waals surface area contributed by atoms with E-state index in [0.717, 1.165) is 6.07 Å². The van der Waals surface area contributed by atoms with Crippen LogP contribution in [-0.2, 0) is 23.8 Å². The van der Waals surface area contributed by atoms with Crippen molar-refractivity contribution in [2.75, 3.05) is 6.61 Å². The number of carbonyl (C=O) groups is 2. The van der Waals surface area contributed by atoms with E-state index in [4.69, 9.17) is 19.3 Å². The van der Waals surface area contributed by atoms with Gasteiger partial charge in [0, 0.05) is 12.1 Å². The smallest absolute Gasteiger partial charge is 0.333 e. The van der Waals surface area contributed by atoms with Gasteiger partial charge in [0.25, 0.3) is 11.9 Å². The number of carboxylic acids is 1. The highest BCUT2D eigenvalue weighted by molar-refractivity contribution is 5.80. The molecular weight excluding hydrogens is 540 g/mol. The van der Waals surface area contributed by atoms with Crippen LogP contribution in [0.5, 0.6) is 28.7 Å². The number of rotatable bonds is 8. The quantitative estimate of drug-likeness (QED) is 0.106. The zero-order valence-electron chi connectivity index (χ0n) is 20.4. The van der Waals surface area contributed by atoms with Crippen LogP contribution in [0.25, 0.3) is 6.08 Å². The topological polar surface area (TPSA) is 257 Å². The molecule has 2 heterocycles.